The Kier molecular flexibility index (Phi) is 8.09. The van der Waals surface area contributed by atoms with Crippen LogP contribution < -0.4 is 10.0 Å². The number of nitrogens with one attached hydrogen (secondary N) is 2. The first-order chi connectivity index (χ1) is 14.0. The molecule has 29 heavy (non-hydrogen) atoms. The zero-order chi connectivity index (χ0) is 20.7. The summed E-state index contributed by atoms with van der Waals surface area (Å²) in [5, 5.41) is 2.93. The summed E-state index contributed by atoms with van der Waals surface area (Å²) in [7, 11) is -3.58. The number of nitrogens with zero attached hydrogens (tertiary/aromatic N) is 1. The second-order valence-corrected chi connectivity index (χ2v) is 10.2. The number of likely N-dealkylation sites (tertiary alicyclic amines) is 1. The lowest BCUT2D eigenvalue weighted by Crippen LogP contribution is -2.38. The lowest BCUT2D eigenvalue weighted by atomic mass is 10.0. The molecule has 162 valence electrons. The number of carbonyl (C=O) groups excluding carboxylic acids is 1. The molecule has 6 nitrogen and oxygen atoms in total. The van der Waals surface area contributed by atoms with E-state index in [-0.39, 0.29) is 16.8 Å². The van der Waals surface area contributed by atoms with Crippen LogP contribution in [0.4, 0.5) is 0 Å². The fourth-order valence-corrected chi connectivity index (χ4v) is 5.72. The van der Waals surface area contributed by atoms with Crippen molar-refractivity contribution in [1.29, 1.82) is 0 Å². The molecule has 3 rings (SSSR count). The normalized spacial score (nSPS) is 21.3. The van der Waals surface area contributed by atoms with E-state index < -0.39 is 10.0 Å². The number of hydrogen-bond donors (Lipinski definition) is 2. The van der Waals surface area contributed by atoms with Crippen LogP contribution in [-0.4, -0.2) is 50.9 Å². The van der Waals surface area contributed by atoms with Crippen molar-refractivity contribution in [1.82, 2.24) is 14.9 Å². The van der Waals surface area contributed by atoms with Crippen LogP contribution in [-0.2, 0) is 10.0 Å². The molecule has 1 atom stereocenters. The SMILES string of the molecule is C[C@H]1CCCCN1CCCCNC(=O)c1cccc(S(=O)(=O)NC2CCCC2)c1. The average Bonchev–Trinajstić information content (AvgIpc) is 3.21. The van der Waals surface area contributed by atoms with Crippen LogP contribution in [0.25, 0.3) is 0 Å². The topological polar surface area (TPSA) is 78.5 Å². The Bertz CT molecular complexity index is 775. The highest BCUT2D eigenvalue weighted by molar-refractivity contribution is 7.89. The van der Waals surface area contributed by atoms with E-state index in [1.54, 1.807) is 18.2 Å². The second kappa shape index (κ2) is 10.5. The van der Waals surface area contributed by atoms with Gasteiger partial charge in [0.1, 0.15) is 0 Å². The summed E-state index contributed by atoms with van der Waals surface area (Å²) in [6.07, 6.45) is 9.78. The Labute approximate surface area is 175 Å². The van der Waals surface area contributed by atoms with Crippen molar-refractivity contribution in [2.75, 3.05) is 19.6 Å². The van der Waals surface area contributed by atoms with Gasteiger partial charge in [0.05, 0.1) is 4.90 Å². The van der Waals surface area contributed by atoms with Crippen LogP contribution in [0, 0.1) is 0 Å². The molecule has 0 radical (unpaired) electrons. The summed E-state index contributed by atoms with van der Waals surface area (Å²) >= 11 is 0. The van der Waals surface area contributed by atoms with Gasteiger partial charge in [-0.3, -0.25) is 4.79 Å². The maximum atomic E-state index is 12.6. The predicted octanol–water partition coefficient (Wildman–Crippen LogP) is 3.29. The summed E-state index contributed by atoms with van der Waals surface area (Å²) < 4.78 is 28.0. The fraction of sp³-hybridized carbons (Fsp3) is 0.682. The predicted molar refractivity (Wildman–Crippen MR) is 115 cm³/mol. The lowest BCUT2D eigenvalue weighted by Gasteiger charge is -2.33. The molecule has 0 aromatic heterocycles. The van der Waals surface area contributed by atoms with Crippen molar-refractivity contribution in [3.63, 3.8) is 0 Å². The van der Waals surface area contributed by atoms with E-state index in [9.17, 15) is 13.2 Å². The number of amides is 1. The molecular weight excluding hydrogens is 386 g/mol. The monoisotopic (exact) mass is 421 g/mol. The number of carbonyl (C=O) groups is 1. The van der Waals surface area contributed by atoms with Crippen LogP contribution in [0.15, 0.2) is 29.2 Å². The zero-order valence-corrected chi connectivity index (χ0v) is 18.3. The van der Waals surface area contributed by atoms with Crippen LogP contribution >= 0.6 is 0 Å². The Hall–Kier alpha value is -1.44. The van der Waals surface area contributed by atoms with Gasteiger partial charge in [-0.15, -0.1) is 0 Å². The Balaban J connectivity index is 1.45. The minimum atomic E-state index is -3.58. The van der Waals surface area contributed by atoms with Gasteiger partial charge in [-0.05, 0) is 76.7 Å². The molecule has 0 bridgehead atoms. The molecule has 2 aliphatic rings. The van der Waals surface area contributed by atoms with Crippen LogP contribution in [0.1, 0.15) is 75.1 Å². The van der Waals surface area contributed by atoms with E-state index >= 15 is 0 Å². The van der Waals surface area contributed by atoms with Crippen molar-refractivity contribution >= 4 is 15.9 Å². The molecule has 1 heterocycles. The molecule has 1 amide bonds. The van der Waals surface area contributed by atoms with E-state index in [1.807, 2.05) is 0 Å². The van der Waals surface area contributed by atoms with Gasteiger partial charge in [-0.25, -0.2) is 13.1 Å². The highest BCUT2D eigenvalue weighted by atomic mass is 32.2. The molecule has 1 aromatic rings. The van der Waals surface area contributed by atoms with E-state index in [2.05, 4.69) is 21.9 Å². The Morgan fingerprint density at radius 1 is 1.10 bits per heavy atom. The van der Waals surface area contributed by atoms with Gasteiger partial charge in [0.15, 0.2) is 0 Å². The molecule has 1 saturated heterocycles. The summed E-state index contributed by atoms with van der Waals surface area (Å²) in [6.45, 7) is 5.17. The van der Waals surface area contributed by atoms with Gasteiger partial charge in [-0.2, -0.15) is 0 Å². The van der Waals surface area contributed by atoms with Crippen molar-refractivity contribution in [2.24, 2.45) is 0 Å². The van der Waals surface area contributed by atoms with E-state index in [1.165, 1.54) is 31.9 Å². The smallest absolute Gasteiger partial charge is 0.251 e. The van der Waals surface area contributed by atoms with Crippen LogP contribution in [0.3, 0.4) is 0 Å². The van der Waals surface area contributed by atoms with E-state index in [0.29, 0.717) is 18.2 Å². The van der Waals surface area contributed by atoms with E-state index in [0.717, 1.165) is 45.1 Å². The molecular formula is C22H35N3O3S. The van der Waals surface area contributed by atoms with Gasteiger partial charge in [0, 0.05) is 24.2 Å². The molecule has 1 aromatic carbocycles. The van der Waals surface area contributed by atoms with Gasteiger partial charge in [0.2, 0.25) is 10.0 Å². The molecule has 0 spiro atoms. The first kappa shape index (κ1) is 22.2. The molecule has 1 aliphatic heterocycles. The first-order valence-corrected chi connectivity index (χ1v) is 12.6. The maximum absolute atomic E-state index is 12.6. The van der Waals surface area contributed by atoms with Gasteiger partial charge < -0.3 is 10.2 Å². The van der Waals surface area contributed by atoms with Crippen LogP contribution in [0.5, 0.6) is 0 Å². The fourth-order valence-electron chi connectivity index (χ4n) is 4.37. The summed E-state index contributed by atoms with van der Waals surface area (Å²) in [4.78, 5) is 15.2. The molecule has 1 saturated carbocycles. The van der Waals surface area contributed by atoms with Crippen LogP contribution in [0.2, 0.25) is 0 Å². The molecule has 0 unspecified atom stereocenters. The Morgan fingerprint density at radius 3 is 2.62 bits per heavy atom. The number of rotatable bonds is 9. The number of sulfonamides is 1. The highest BCUT2D eigenvalue weighted by Crippen LogP contribution is 2.21. The molecule has 1 aliphatic carbocycles. The minimum Gasteiger partial charge on any atom is -0.352 e. The average molecular weight is 422 g/mol. The van der Waals surface area contributed by atoms with Crippen molar-refractivity contribution in [3.8, 4) is 0 Å². The number of hydrogen-bond acceptors (Lipinski definition) is 4. The summed E-state index contributed by atoms with van der Waals surface area (Å²) in [5.41, 5.74) is 0.393. The number of piperidine rings is 1. The van der Waals surface area contributed by atoms with Gasteiger partial charge in [0.25, 0.3) is 5.91 Å². The third-order valence-corrected chi connectivity index (χ3v) is 7.70. The third kappa shape index (κ3) is 6.52. The maximum Gasteiger partial charge on any atom is 0.251 e. The molecule has 2 fully saturated rings. The van der Waals surface area contributed by atoms with Crippen molar-refractivity contribution in [3.05, 3.63) is 29.8 Å². The largest absolute Gasteiger partial charge is 0.352 e. The summed E-state index contributed by atoms with van der Waals surface area (Å²) in [6, 6.07) is 7.01. The van der Waals surface area contributed by atoms with Crippen molar-refractivity contribution in [2.45, 2.75) is 81.7 Å². The summed E-state index contributed by atoms with van der Waals surface area (Å²) in [5.74, 6) is -0.214. The first-order valence-electron chi connectivity index (χ1n) is 11.1. The minimum absolute atomic E-state index is 0.0140. The van der Waals surface area contributed by atoms with Gasteiger partial charge in [-0.1, -0.05) is 25.3 Å². The lowest BCUT2D eigenvalue weighted by molar-refractivity contribution is 0.0951. The number of benzene rings is 1. The van der Waals surface area contributed by atoms with Crippen molar-refractivity contribution < 1.29 is 13.2 Å². The second-order valence-electron chi connectivity index (χ2n) is 8.47. The zero-order valence-electron chi connectivity index (χ0n) is 17.5. The Morgan fingerprint density at radius 2 is 1.86 bits per heavy atom. The molecule has 2 N–H and O–H groups in total. The number of unbranched alkanes of at least 4 members (excludes halogenated alkanes) is 1. The highest BCUT2D eigenvalue weighted by Gasteiger charge is 2.23. The standard InChI is InChI=1S/C22H35N3O3S/c1-18-9-4-6-15-25(18)16-7-5-14-23-22(26)19-10-8-13-21(17-19)29(27,28)24-20-11-2-3-12-20/h8,10,13,17-18,20,24H,2-7,9,11-12,14-16H2,1H3,(H,23,26)/t18-/m0/s1. The quantitative estimate of drug-likeness (QED) is 0.600. The third-order valence-electron chi connectivity index (χ3n) is 6.18. The molecule has 7 heteroatoms. The van der Waals surface area contributed by atoms with E-state index in [4.69, 9.17) is 0 Å². The van der Waals surface area contributed by atoms with Gasteiger partial charge >= 0.3 is 0 Å².